The summed E-state index contributed by atoms with van der Waals surface area (Å²) in [6.45, 7) is 0.369. The Morgan fingerprint density at radius 2 is 2.06 bits per heavy atom. The van der Waals surface area contributed by atoms with Gasteiger partial charge in [-0.05, 0) is 18.2 Å². The van der Waals surface area contributed by atoms with Crippen LogP contribution in [0.1, 0.15) is 6.42 Å². The lowest BCUT2D eigenvalue weighted by molar-refractivity contribution is 0.234. The number of aliphatic hydroxyl groups is 1. The summed E-state index contributed by atoms with van der Waals surface area (Å²) in [5.41, 5.74) is 5.99. The number of benzene rings is 1. The smallest absolute Gasteiger partial charge is 0.242 e. The quantitative estimate of drug-likeness (QED) is 0.574. The average Bonchev–Trinajstić information content (AvgIpc) is 2.31. The van der Waals surface area contributed by atoms with E-state index >= 15 is 0 Å². The fraction of sp³-hybridized carbons (Fsp3) is 0.455. The molecule has 1 aromatic carbocycles. The van der Waals surface area contributed by atoms with Gasteiger partial charge in [0, 0.05) is 27.1 Å². The van der Waals surface area contributed by atoms with Crippen molar-refractivity contribution in [3.05, 3.63) is 18.2 Å². The number of aliphatic hydroxyl groups excluding tert-OH is 1. The normalized spacial score (nSPS) is 11.8. The highest BCUT2D eigenvalue weighted by Gasteiger charge is 2.18. The van der Waals surface area contributed by atoms with Crippen molar-refractivity contribution < 1.29 is 18.3 Å². The van der Waals surface area contributed by atoms with E-state index in [0.717, 1.165) is 4.31 Å². The molecule has 0 aromatic heterocycles. The molecule has 18 heavy (non-hydrogen) atoms. The van der Waals surface area contributed by atoms with Crippen LogP contribution in [0.15, 0.2) is 23.1 Å². The molecule has 102 valence electrons. The number of sulfonamides is 1. The second-order valence-corrected chi connectivity index (χ2v) is 6.06. The summed E-state index contributed by atoms with van der Waals surface area (Å²) in [4.78, 5) is 0.125. The highest BCUT2D eigenvalue weighted by Crippen LogP contribution is 2.25. The van der Waals surface area contributed by atoms with E-state index in [1.54, 1.807) is 0 Å². The maximum atomic E-state index is 11.9. The largest absolute Gasteiger partial charge is 0.491 e. The van der Waals surface area contributed by atoms with E-state index < -0.39 is 10.0 Å². The predicted molar refractivity (Wildman–Crippen MR) is 68.9 cm³/mol. The van der Waals surface area contributed by atoms with Crippen LogP contribution in [0.4, 0.5) is 5.69 Å². The lowest BCUT2D eigenvalue weighted by atomic mass is 10.3. The number of hydrogen-bond donors (Lipinski definition) is 2. The van der Waals surface area contributed by atoms with Crippen molar-refractivity contribution in [2.75, 3.05) is 33.0 Å². The lowest BCUT2D eigenvalue weighted by Gasteiger charge is -2.13. The summed E-state index contributed by atoms with van der Waals surface area (Å²) in [7, 11) is -0.572. The van der Waals surface area contributed by atoms with Gasteiger partial charge in [-0.25, -0.2) is 12.7 Å². The van der Waals surface area contributed by atoms with E-state index in [1.165, 1.54) is 32.3 Å². The third kappa shape index (κ3) is 3.34. The molecule has 3 N–H and O–H groups in total. The maximum absolute atomic E-state index is 11.9. The van der Waals surface area contributed by atoms with Crippen LogP contribution in [0.3, 0.4) is 0 Å². The van der Waals surface area contributed by atoms with Crippen LogP contribution in [-0.4, -0.2) is 45.1 Å². The molecular formula is C11H18N2O4S. The summed E-state index contributed by atoms with van der Waals surface area (Å²) in [5, 5.41) is 8.63. The molecule has 0 fully saturated rings. The standard InChI is InChI=1S/C11H18N2O4S/c1-13(2)18(15,16)9-4-5-11(10(12)8-9)17-7-3-6-14/h4-5,8,14H,3,6-7,12H2,1-2H3. The Morgan fingerprint density at radius 3 is 2.56 bits per heavy atom. The number of anilines is 1. The Labute approximate surface area is 107 Å². The zero-order valence-corrected chi connectivity index (χ0v) is 11.3. The number of nitrogens with zero attached hydrogens (tertiary/aromatic N) is 1. The molecular weight excluding hydrogens is 256 g/mol. The Balaban J connectivity index is 2.93. The molecule has 0 atom stereocenters. The van der Waals surface area contributed by atoms with Crippen molar-refractivity contribution in [1.82, 2.24) is 4.31 Å². The van der Waals surface area contributed by atoms with Gasteiger partial charge in [-0.1, -0.05) is 0 Å². The first-order valence-corrected chi connectivity index (χ1v) is 6.89. The van der Waals surface area contributed by atoms with E-state index in [1.807, 2.05) is 0 Å². The van der Waals surface area contributed by atoms with Crippen molar-refractivity contribution in [3.8, 4) is 5.75 Å². The van der Waals surface area contributed by atoms with Gasteiger partial charge in [-0.3, -0.25) is 0 Å². The first kappa shape index (κ1) is 14.7. The lowest BCUT2D eigenvalue weighted by Crippen LogP contribution is -2.22. The van der Waals surface area contributed by atoms with Crippen LogP contribution in [0.25, 0.3) is 0 Å². The SMILES string of the molecule is CN(C)S(=O)(=O)c1ccc(OCCCO)c(N)c1. The average molecular weight is 274 g/mol. The minimum absolute atomic E-state index is 0.0347. The fourth-order valence-electron chi connectivity index (χ4n) is 1.28. The van der Waals surface area contributed by atoms with E-state index in [2.05, 4.69) is 0 Å². The molecule has 1 aromatic rings. The number of rotatable bonds is 6. The third-order valence-corrected chi connectivity index (χ3v) is 4.13. The van der Waals surface area contributed by atoms with Crippen molar-refractivity contribution in [1.29, 1.82) is 0 Å². The van der Waals surface area contributed by atoms with Gasteiger partial charge in [0.25, 0.3) is 0 Å². The highest BCUT2D eigenvalue weighted by atomic mass is 32.2. The van der Waals surface area contributed by atoms with Gasteiger partial charge in [0.2, 0.25) is 10.0 Å². The molecule has 0 saturated heterocycles. The Morgan fingerprint density at radius 1 is 1.39 bits per heavy atom. The topological polar surface area (TPSA) is 92.9 Å². The van der Waals surface area contributed by atoms with E-state index in [9.17, 15) is 8.42 Å². The van der Waals surface area contributed by atoms with Gasteiger partial charge in [0.1, 0.15) is 5.75 Å². The molecule has 6 nitrogen and oxygen atoms in total. The monoisotopic (exact) mass is 274 g/mol. The van der Waals surface area contributed by atoms with Gasteiger partial charge in [0.15, 0.2) is 0 Å². The molecule has 1 rings (SSSR count). The third-order valence-electron chi connectivity index (χ3n) is 2.32. The van der Waals surface area contributed by atoms with Crippen LogP contribution in [0.5, 0.6) is 5.75 Å². The fourth-order valence-corrected chi connectivity index (χ4v) is 2.21. The Bertz CT molecular complexity index is 500. The predicted octanol–water partition coefficient (Wildman–Crippen LogP) is 0.280. The van der Waals surface area contributed by atoms with Crippen LogP contribution >= 0.6 is 0 Å². The molecule has 7 heteroatoms. The highest BCUT2D eigenvalue weighted by molar-refractivity contribution is 7.89. The summed E-state index contributed by atoms with van der Waals surface area (Å²) in [6, 6.07) is 4.33. The molecule has 0 aliphatic heterocycles. The molecule has 0 aliphatic carbocycles. The summed E-state index contributed by atoms with van der Waals surface area (Å²) in [5.74, 6) is 0.418. The van der Waals surface area contributed by atoms with Gasteiger partial charge in [0.05, 0.1) is 17.2 Å². The van der Waals surface area contributed by atoms with Gasteiger partial charge in [-0.2, -0.15) is 0 Å². The molecule has 0 aliphatic rings. The number of hydrogen-bond acceptors (Lipinski definition) is 5. The number of ether oxygens (including phenoxy) is 1. The van der Waals surface area contributed by atoms with Gasteiger partial charge >= 0.3 is 0 Å². The molecule has 0 saturated carbocycles. The molecule has 0 heterocycles. The zero-order valence-electron chi connectivity index (χ0n) is 10.5. The summed E-state index contributed by atoms with van der Waals surface area (Å²) < 4.78 is 30.1. The van der Waals surface area contributed by atoms with Crippen LogP contribution in [0, 0.1) is 0 Å². The Hall–Kier alpha value is -1.31. The Kier molecular flexibility index (Phi) is 4.94. The van der Waals surface area contributed by atoms with Gasteiger partial charge in [-0.15, -0.1) is 0 Å². The molecule has 0 radical (unpaired) electrons. The van der Waals surface area contributed by atoms with E-state index in [0.29, 0.717) is 18.8 Å². The number of nitrogens with two attached hydrogens (primary N) is 1. The zero-order chi connectivity index (χ0) is 13.8. The molecule has 0 unspecified atom stereocenters. The second kappa shape index (κ2) is 6.03. The van der Waals surface area contributed by atoms with Crippen molar-refractivity contribution in [2.24, 2.45) is 0 Å². The first-order valence-electron chi connectivity index (χ1n) is 5.45. The molecule has 0 amide bonds. The maximum Gasteiger partial charge on any atom is 0.242 e. The number of nitrogen functional groups attached to an aromatic ring is 1. The molecule has 0 spiro atoms. The van der Waals surface area contributed by atoms with Crippen LogP contribution in [-0.2, 0) is 10.0 Å². The van der Waals surface area contributed by atoms with E-state index in [-0.39, 0.29) is 17.2 Å². The van der Waals surface area contributed by atoms with Crippen molar-refractivity contribution in [3.63, 3.8) is 0 Å². The van der Waals surface area contributed by atoms with Crippen molar-refractivity contribution >= 4 is 15.7 Å². The minimum atomic E-state index is -3.48. The molecule has 0 bridgehead atoms. The summed E-state index contributed by atoms with van der Waals surface area (Å²) in [6.07, 6.45) is 0.497. The van der Waals surface area contributed by atoms with E-state index in [4.69, 9.17) is 15.6 Å². The van der Waals surface area contributed by atoms with Crippen LogP contribution in [0.2, 0.25) is 0 Å². The van der Waals surface area contributed by atoms with Crippen LogP contribution < -0.4 is 10.5 Å². The van der Waals surface area contributed by atoms with Gasteiger partial charge < -0.3 is 15.6 Å². The first-order chi connectivity index (χ1) is 8.39. The summed E-state index contributed by atoms with van der Waals surface area (Å²) >= 11 is 0. The minimum Gasteiger partial charge on any atom is -0.491 e. The second-order valence-electron chi connectivity index (χ2n) is 3.91. The van der Waals surface area contributed by atoms with Crippen molar-refractivity contribution in [2.45, 2.75) is 11.3 Å².